The lowest BCUT2D eigenvalue weighted by atomic mass is 10.2. The number of carbonyl (C=O) groups excluding carboxylic acids is 1. The highest BCUT2D eigenvalue weighted by Gasteiger charge is 2.24. The van der Waals surface area contributed by atoms with Crippen LogP contribution in [-0.4, -0.2) is 64.4 Å². The lowest BCUT2D eigenvalue weighted by Crippen LogP contribution is -2.49. The number of carbonyl (C=O) groups is 1. The van der Waals surface area contributed by atoms with Gasteiger partial charge in [-0.3, -0.25) is 4.98 Å². The predicted molar refractivity (Wildman–Crippen MR) is 102 cm³/mol. The number of hydrogen-bond acceptors (Lipinski definition) is 8. The van der Waals surface area contributed by atoms with E-state index in [0.29, 0.717) is 55.2 Å². The lowest BCUT2D eigenvalue weighted by molar-refractivity contribution is 0.121. The highest BCUT2D eigenvalue weighted by molar-refractivity contribution is 5.68. The van der Waals surface area contributed by atoms with Crippen molar-refractivity contribution in [2.45, 2.75) is 6.92 Å². The summed E-state index contributed by atoms with van der Waals surface area (Å²) in [6.07, 6.45) is 1.41. The largest absolute Gasteiger partial charge is 0.453 e. The Hall–Kier alpha value is -3.49. The van der Waals surface area contributed by atoms with Crippen molar-refractivity contribution in [3.63, 3.8) is 0 Å². The standard InChI is InChI=1S/C19H20N6O3/c1-13-16(18-23-22-17(28-18)14-6-4-3-5-7-14)21-15(12-20-13)24-8-10-25(11-9-24)19(26)27-2/h3-7,12H,8-11H2,1-2H3. The zero-order valence-corrected chi connectivity index (χ0v) is 15.7. The first kappa shape index (κ1) is 17.9. The summed E-state index contributed by atoms with van der Waals surface area (Å²) in [6.45, 7) is 4.27. The third kappa shape index (κ3) is 3.51. The number of ether oxygens (including phenoxy) is 1. The van der Waals surface area contributed by atoms with Crippen molar-refractivity contribution in [2.24, 2.45) is 0 Å². The third-order valence-electron chi connectivity index (χ3n) is 4.63. The first-order chi connectivity index (χ1) is 13.7. The molecule has 0 radical (unpaired) electrons. The summed E-state index contributed by atoms with van der Waals surface area (Å²) in [5, 5.41) is 8.28. The van der Waals surface area contributed by atoms with E-state index in [0.717, 1.165) is 5.56 Å². The number of rotatable bonds is 3. The molecule has 144 valence electrons. The summed E-state index contributed by atoms with van der Waals surface area (Å²) in [5.74, 6) is 1.48. The smallest absolute Gasteiger partial charge is 0.409 e. The molecule has 0 spiro atoms. The van der Waals surface area contributed by atoms with E-state index in [1.165, 1.54) is 7.11 Å². The van der Waals surface area contributed by atoms with Crippen LogP contribution in [0.25, 0.3) is 23.0 Å². The number of amides is 1. The number of piperazine rings is 1. The Morgan fingerprint density at radius 2 is 1.79 bits per heavy atom. The SMILES string of the molecule is COC(=O)N1CCN(c2cnc(C)c(-c3nnc(-c4ccccc4)o3)n2)CC1. The number of methoxy groups -OCH3 is 1. The molecule has 9 heteroatoms. The van der Waals surface area contributed by atoms with E-state index in [2.05, 4.69) is 20.1 Å². The maximum atomic E-state index is 11.6. The van der Waals surface area contributed by atoms with Gasteiger partial charge in [-0.25, -0.2) is 9.78 Å². The summed E-state index contributed by atoms with van der Waals surface area (Å²) in [6, 6.07) is 9.58. The van der Waals surface area contributed by atoms with Crippen LogP contribution in [0.4, 0.5) is 10.6 Å². The normalized spacial score (nSPS) is 14.2. The van der Waals surface area contributed by atoms with E-state index in [4.69, 9.17) is 14.1 Å². The van der Waals surface area contributed by atoms with Crippen LogP contribution in [0, 0.1) is 6.92 Å². The number of aromatic nitrogens is 4. The number of hydrogen-bond donors (Lipinski definition) is 0. The highest BCUT2D eigenvalue weighted by atomic mass is 16.5. The Morgan fingerprint density at radius 1 is 1.07 bits per heavy atom. The van der Waals surface area contributed by atoms with Crippen LogP contribution in [-0.2, 0) is 4.74 Å². The van der Waals surface area contributed by atoms with Crippen molar-refractivity contribution in [3.8, 4) is 23.0 Å². The molecule has 1 fully saturated rings. The summed E-state index contributed by atoms with van der Waals surface area (Å²) in [4.78, 5) is 24.5. The van der Waals surface area contributed by atoms with Crippen molar-refractivity contribution in [1.82, 2.24) is 25.1 Å². The van der Waals surface area contributed by atoms with E-state index in [1.807, 2.05) is 37.3 Å². The van der Waals surface area contributed by atoms with Crippen LogP contribution >= 0.6 is 0 Å². The summed E-state index contributed by atoms with van der Waals surface area (Å²) in [5.41, 5.74) is 2.12. The second-order valence-corrected chi connectivity index (χ2v) is 6.38. The molecule has 0 bridgehead atoms. The first-order valence-electron chi connectivity index (χ1n) is 8.96. The van der Waals surface area contributed by atoms with Crippen LogP contribution in [0.5, 0.6) is 0 Å². The van der Waals surface area contributed by atoms with Crippen molar-refractivity contribution in [2.75, 3.05) is 38.2 Å². The fraction of sp³-hybridized carbons (Fsp3) is 0.316. The van der Waals surface area contributed by atoms with Gasteiger partial charge in [0, 0.05) is 31.7 Å². The molecule has 1 saturated heterocycles. The van der Waals surface area contributed by atoms with Gasteiger partial charge < -0.3 is 19.0 Å². The van der Waals surface area contributed by atoms with Gasteiger partial charge in [0.25, 0.3) is 5.89 Å². The Balaban J connectivity index is 1.55. The Kier molecular flexibility index (Phi) is 4.88. The molecule has 3 aromatic rings. The number of aryl methyl sites for hydroxylation is 1. The van der Waals surface area contributed by atoms with Crippen LogP contribution in [0.1, 0.15) is 5.69 Å². The molecule has 0 saturated carbocycles. The predicted octanol–water partition coefficient (Wildman–Crippen LogP) is 2.39. The van der Waals surface area contributed by atoms with Gasteiger partial charge in [0.1, 0.15) is 5.82 Å². The molecular weight excluding hydrogens is 360 g/mol. The second-order valence-electron chi connectivity index (χ2n) is 6.38. The summed E-state index contributed by atoms with van der Waals surface area (Å²) in [7, 11) is 1.39. The Bertz CT molecular complexity index is 967. The minimum Gasteiger partial charge on any atom is -0.453 e. The average Bonchev–Trinajstić information content (AvgIpc) is 3.24. The minimum absolute atomic E-state index is 0.311. The van der Waals surface area contributed by atoms with E-state index in [9.17, 15) is 4.79 Å². The van der Waals surface area contributed by atoms with Crippen LogP contribution in [0.2, 0.25) is 0 Å². The van der Waals surface area contributed by atoms with Gasteiger partial charge in [-0.1, -0.05) is 18.2 Å². The summed E-state index contributed by atoms with van der Waals surface area (Å²) < 4.78 is 10.6. The van der Waals surface area contributed by atoms with E-state index in [1.54, 1.807) is 11.1 Å². The molecule has 0 unspecified atom stereocenters. The number of benzene rings is 1. The minimum atomic E-state index is -0.311. The van der Waals surface area contributed by atoms with Gasteiger partial charge >= 0.3 is 6.09 Å². The molecule has 1 aliphatic heterocycles. The van der Waals surface area contributed by atoms with Gasteiger partial charge in [-0.05, 0) is 19.1 Å². The number of nitrogens with zero attached hydrogens (tertiary/aromatic N) is 6. The highest BCUT2D eigenvalue weighted by Crippen LogP contribution is 2.26. The van der Waals surface area contributed by atoms with E-state index in [-0.39, 0.29) is 6.09 Å². The molecule has 0 atom stereocenters. The first-order valence-corrected chi connectivity index (χ1v) is 8.96. The molecule has 28 heavy (non-hydrogen) atoms. The summed E-state index contributed by atoms with van der Waals surface area (Å²) >= 11 is 0. The van der Waals surface area contributed by atoms with Gasteiger partial charge in [0.05, 0.1) is 19.0 Å². The molecule has 4 rings (SSSR count). The Labute approximate surface area is 162 Å². The van der Waals surface area contributed by atoms with Gasteiger partial charge in [-0.15, -0.1) is 10.2 Å². The maximum absolute atomic E-state index is 11.6. The molecular formula is C19H20N6O3. The third-order valence-corrected chi connectivity index (χ3v) is 4.63. The van der Waals surface area contributed by atoms with Crippen LogP contribution in [0.3, 0.4) is 0 Å². The molecule has 3 heterocycles. The average molecular weight is 380 g/mol. The van der Waals surface area contributed by atoms with E-state index >= 15 is 0 Å². The molecule has 1 aromatic carbocycles. The lowest BCUT2D eigenvalue weighted by Gasteiger charge is -2.34. The zero-order chi connectivity index (χ0) is 19.5. The van der Waals surface area contributed by atoms with E-state index < -0.39 is 0 Å². The monoisotopic (exact) mass is 380 g/mol. The quantitative estimate of drug-likeness (QED) is 0.683. The molecule has 0 aliphatic carbocycles. The molecule has 2 aromatic heterocycles. The van der Waals surface area contributed by atoms with Gasteiger partial charge in [-0.2, -0.15) is 0 Å². The zero-order valence-electron chi connectivity index (χ0n) is 15.7. The van der Waals surface area contributed by atoms with Crippen molar-refractivity contribution >= 4 is 11.9 Å². The van der Waals surface area contributed by atoms with Crippen molar-refractivity contribution in [3.05, 3.63) is 42.2 Å². The number of anilines is 1. The molecule has 1 amide bonds. The molecule has 0 N–H and O–H groups in total. The van der Waals surface area contributed by atoms with Crippen LogP contribution in [0.15, 0.2) is 40.9 Å². The fourth-order valence-electron chi connectivity index (χ4n) is 3.06. The van der Waals surface area contributed by atoms with Crippen molar-refractivity contribution < 1.29 is 13.9 Å². The topological polar surface area (TPSA) is 97.5 Å². The maximum Gasteiger partial charge on any atom is 0.409 e. The van der Waals surface area contributed by atoms with Crippen LogP contribution < -0.4 is 4.90 Å². The molecule has 1 aliphatic rings. The van der Waals surface area contributed by atoms with Gasteiger partial charge in [0.15, 0.2) is 5.69 Å². The van der Waals surface area contributed by atoms with Gasteiger partial charge in [0.2, 0.25) is 5.89 Å². The van der Waals surface area contributed by atoms with Crippen molar-refractivity contribution in [1.29, 1.82) is 0 Å². The molecule has 9 nitrogen and oxygen atoms in total. The fourth-order valence-corrected chi connectivity index (χ4v) is 3.06. The Morgan fingerprint density at radius 3 is 2.50 bits per heavy atom. The second kappa shape index (κ2) is 7.63.